The van der Waals surface area contributed by atoms with Crippen LogP contribution in [0.3, 0.4) is 0 Å². The maximum absolute atomic E-state index is 10.6. The number of ether oxygens (including phenoxy) is 2. The third-order valence-corrected chi connectivity index (χ3v) is 5.54. The van der Waals surface area contributed by atoms with Crippen LogP contribution < -0.4 is 20.1 Å². The Balaban J connectivity index is 1.30. The molecule has 0 amide bonds. The molecule has 1 aromatic heterocycles. The van der Waals surface area contributed by atoms with Crippen molar-refractivity contribution in [3.8, 4) is 22.8 Å². The predicted molar refractivity (Wildman–Crippen MR) is 125 cm³/mol. The number of methoxy groups -OCH3 is 1. The molecule has 1 aliphatic rings. The van der Waals surface area contributed by atoms with Gasteiger partial charge in [-0.05, 0) is 30.3 Å². The molecule has 0 saturated carbocycles. The molecule has 1 saturated heterocycles. The lowest BCUT2D eigenvalue weighted by Gasteiger charge is -2.37. The zero-order valence-electron chi connectivity index (χ0n) is 18.2. The second-order valence-corrected chi connectivity index (χ2v) is 7.72. The van der Waals surface area contributed by atoms with Crippen molar-refractivity contribution in [2.45, 2.75) is 6.10 Å². The highest BCUT2D eigenvalue weighted by Gasteiger charge is 2.21. The molecule has 2 aromatic carbocycles. The van der Waals surface area contributed by atoms with Crippen LogP contribution in [0.1, 0.15) is 0 Å². The van der Waals surface area contributed by atoms with Gasteiger partial charge >= 0.3 is 0 Å². The minimum atomic E-state index is -0.601. The van der Waals surface area contributed by atoms with Crippen molar-refractivity contribution >= 4 is 11.6 Å². The molecule has 1 aliphatic heterocycles. The quantitative estimate of drug-likeness (QED) is 0.556. The molecule has 1 atom stereocenters. The molecule has 3 N–H and O–H groups in total. The van der Waals surface area contributed by atoms with Crippen molar-refractivity contribution in [2.24, 2.45) is 0 Å². The highest BCUT2D eigenvalue weighted by molar-refractivity contribution is 5.67. The average molecular weight is 436 g/mol. The molecule has 3 aromatic rings. The van der Waals surface area contributed by atoms with Gasteiger partial charge in [0.25, 0.3) is 0 Å². The fourth-order valence-electron chi connectivity index (χ4n) is 3.93. The second kappa shape index (κ2) is 10.3. The zero-order chi connectivity index (χ0) is 22.3. The van der Waals surface area contributed by atoms with Crippen LogP contribution in [0.2, 0.25) is 0 Å². The molecule has 8 nitrogen and oxygen atoms in total. The molecule has 168 valence electrons. The third-order valence-electron chi connectivity index (χ3n) is 5.54. The van der Waals surface area contributed by atoms with E-state index >= 15 is 0 Å². The van der Waals surface area contributed by atoms with Crippen molar-refractivity contribution in [3.05, 3.63) is 60.8 Å². The summed E-state index contributed by atoms with van der Waals surface area (Å²) >= 11 is 0. The molecule has 1 fully saturated rings. The van der Waals surface area contributed by atoms with Crippen molar-refractivity contribution in [2.75, 3.05) is 57.1 Å². The van der Waals surface area contributed by atoms with Crippen LogP contribution in [-0.4, -0.2) is 72.5 Å². The van der Waals surface area contributed by atoms with E-state index in [2.05, 4.69) is 25.8 Å². The lowest BCUT2D eigenvalue weighted by Crippen LogP contribution is -2.49. The Bertz CT molecular complexity index is 1020. The number of hydrogen-bond acceptors (Lipinski definition) is 8. The number of nitrogens with two attached hydrogens (primary N) is 1. The molecular weight excluding hydrogens is 406 g/mol. The van der Waals surface area contributed by atoms with Crippen LogP contribution in [-0.2, 0) is 0 Å². The summed E-state index contributed by atoms with van der Waals surface area (Å²) in [6, 6.07) is 17.5. The summed E-state index contributed by atoms with van der Waals surface area (Å²) in [7, 11) is 1.70. The molecule has 32 heavy (non-hydrogen) atoms. The molecule has 0 radical (unpaired) electrons. The predicted octanol–water partition coefficient (Wildman–Crippen LogP) is 2.30. The lowest BCUT2D eigenvalue weighted by atomic mass is 10.1. The molecule has 0 aliphatic carbocycles. The van der Waals surface area contributed by atoms with E-state index in [1.165, 1.54) is 0 Å². The first-order valence-corrected chi connectivity index (χ1v) is 10.7. The van der Waals surface area contributed by atoms with Crippen molar-refractivity contribution in [3.63, 3.8) is 0 Å². The second-order valence-electron chi connectivity index (χ2n) is 7.72. The number of aromatic nitrogens is 2. The van der Waals surface area contributed by atoms with Gasteiger partial charge in [0.2, 0.25) is 5.95 Å². The van der Waals surface area contributed by atoms with E-state index < -0.39 is 6.10 Å². The Kier molecular flexibility index (Phi) is 7.03. The van der Waals surface area contributed by atoms with Gasteiger partial charge in [-0.15, -0.1) is 0 Å². The van der Waals surface area contributed by atoms with E-state index in [4.69, 9.17) is 15.2 Å². The van der Waals surface area contributed by atoms with Crippen LogP contribution in [0.4, 0.5) is 11.6 Å². The number of β-amino-alcohol motifs (C(OH)–C–C–N with tert-alkyl or cyclic N) is 1. The Morgan fingerprint density at radius 1 is 1.00 bits per heavy atom. The van der Waals surface area contributed by atoms with Gasteiger partial charge in [0.05, 0.1) is 18.5 Å². The molecule has 0 bridgehead atoms. The average Bonchev–Trinajstić information content (AvgIpc) is 2.83. The fourth-order valence-corrected chi connectivity index (χ4v) is 3.93. The van der Waals surface area contributed by atoms with Gasteiger partial charge in [0, 0.05) is 44.5 Å². The number of anilines is 2. The zero-order valence-corrected chi connectivity index (χ0v) is 18.2. The first-order chi connectivity index (χ1) is 15.6. The van der Waals surface area contributed by atoms with Gasteiger partial charge in [0.1, 0.15) is 24.2 Å². The monoisotopic (exact) mass is 435 g/mol. The topological polar surface area (TPSA) is 97.0 Å². The van der Waals surface area contributed by atoms with Crippen molar-refractivity contribution in [1.82, 2.24) is 14.9 Å². The highest BCUT2D eigenvalue weighted by Crippen LogP contribution is 2.29. The first kappa shape index (κ1) is 21.9. The number of benzene rings is 2. The number of aliphatic hydroxyl groups is 1. The van der Waals surface area contributed by atoms with E-state index in [0.717, 1.165) is 43.2 Å². The number of aliphatic hydroxyl groups excluding tert-OH is 1. The van der Waals surface area contributed by atoms with Gasteiger partial charge in [-0.25, -0.2) is 9.97 Å². The summed E-state index contributed by atoms with van der Waals surface area (Å²) in [5.74, 6) is 1.76. The number of nitrogens with zero attached hydrogens (tertiary/aromatic N) is 4. The Morgan fingerprint density at radius 2 is 1.72 bits per heavy atom. The minimum Gasteiger partial charge on any atom is -0.495 e. The number of para-hydroxylation sites is 3. The van der Waals surface area contributed by atoms with Gasteiger partial charge < -0.3 is 25.2 Å². The number of hydrogen-bond donors (Lipinski definition) is 2. The number of piperazine rings is 1. The Morgan fingerprint density at radius 3 is 2.47 bits per heavy atom. The van der Waals surface area contributed by atoms with Crippen LogP contribution in [0.25, 0.3) is 11.3 Å². The number of nitrogen functional groups attached to an aromatic ring is 1. The van der Waals surface area contributed by atoms with Crippen molar-refractivity contribution in [1.29, 1.82) is 0 Å². The number of rotatable bonds is 8. The first-order valence-electron chi connectivity index (χ1n) is 10.7. The summed E-state index contributed by atoms with van der Waals surface area (Å²) < 4.78 is 11.4. The maximum Gasteiger partial charge on any atom is 0.220 e. The molecule has 4 rings (SSSR count). The largest absolute Gasteiger partial charge is 0.495 e. The molecule has 1 unspecified atom stereocenters. The Labute approximate surface area is 188 Å². The van der Waals surface area contributed by atoms with Gasteiger partial charge in [-0.1, -0.05) is 24.3 Å². The van der Waals surface area contributed by atoms with E-state index in [1.807, 2.05) is 42.5 Å². The maximum atomic E-state index is 10.6. The molecule has 2 heterocycles. The van der Waals surface area contributed by atoms with E-state index in [0.29, 0.717) is 18.0 Å². The van der Waals surface area contributed by atoms with Gasteiger partial charge in [0.15, 0.2) is 0 Å². The van der Waals surface area contributed by atoms with Crippen molar-refractivity contribution < 1.29 is 14.6 Å². The summed E-state index contributed by atoms with van der Waals surface area (Å²) in [6.45, 7) is 4.25. The van der Waals surface area contributed by atoms with E-state index in [9.17, 15) is 5.11 Å². The summed E-state index contributed by atoms with van der Waals surface area (Å²) in [4.78, 5) is 12.8. The standard InChI is InChI=1S/C24H29N5O3/c1-31-23-9-5-3-7-21(23)29-14-12-28(13-15-29)16-18(30)17-32-22-8-4-2-6-19(22)20-10-11-26-24(25)27-20/h2-11,18,30H,12-17H2,1H3,(H2,25,26,27). The smallest absolute Gasteiger partial charge is 0.220 e. The molecular formula is C24H29N5O3. The summed E-state index contributed by atoms with van der Waals surface area (Å²) in [6.07, 6.45) is 1.02. The molecule has 0 spiro atoms. The van der Waals surface area contributed by atoms with Crippen LogP contribution >= 0.6 is 0 Å². The van der Waals surface area contributed by atoms with Crippen LogP contribution in [0, 0.1) is 0 Å². The SMILES string of the molecule is COc1ccccc1N1CCN(CC(O)COc2ccccc2-c2ccnc(N)n2)CC1. The van der Waals surface area contributed by atoms with E-state index in [1.54, 1.807) is 19.4 Å². The summed E-state index contributed by atoms with van der Waals surface area (Å²) in [5.41, 5.74) is 8.34. The van der Waals surface area contributed by atoms with E-state index in [-0.39, 0.29) is 12.6 Å². The third kappa shape index (κ3) is 5.27. The minimum absolute atomic E-state index is 0.199. The highest BCUT2D eigenvalue weighted by atomic mass is 16.5. The van der Waals surface area contributed by atoms with Gasteiger partial charge in [-0.3, -0.25) is 4.90 Å². The van der Waals surface area contributed by atoms with Crippen LogP contribution in [0.5, 0.6) is 11.5 Å². The fraction of sp³-hybridized carbons (Fsp3) is 0.333. The normalized spacial score (nSPS) is 15.4. The van der Waals surface area contributed by atoms with Gasteiger partial charge in [-0.2, -0.15) is 0 Å². The van der Waals surface area contributed by atoms with Crippen LogP contribution in [0.15, 0.2) is 60.8 Å². The lowest BCUT2D eigenvalue weighted by molar-refractivity contribution is 0.0664. The molecule has 8 heteroatoms. The summed E-state index contributed by atoms with van der Waals surface area (Å²) in [5, 5.41) is 10.6. The Hall–Kier alpha value is -3.36.